The largest absolute Gasteiger partial charge is 0.488 e. The van der Waals surface area contributed by atoms with Crippen LogP contribution in [0.25, 0.3) is 0 Å². The van der Waals surface area contributed by atoms with Crippen molar-refractivity contribution in [3.8, 4) is 5.75 Å². The van der Waals surface area contributed by atoms with E-state index in [1.165, 1.54) is 37.7 Å². The van der Waals surface area contributed by atoms with Gasteiger partial charge in [0.2, 0.25) is 6.41 Å². The average molecular weight is 534 g/mol. The molecule has 4 aromatic carbocycles. The molecular weight excluding hydrogens is 498 g/mol. The first kappa shape index (κ1) is 27.2. The van der Waals surface area contributed by atoms with Crippen molar-refractivity contribution in [1.82, 2.24) is 0 Å². The number of anilines is 1. The molecule has 1 amide bonds. The molecule has 1 saturated carbocycles. The number of esters is 1. The summed E-state index contributed by atoms with van der Waals surface area (Å²) >= 11 is 0. The van der Waals surface area contributed by atoms with Gasteiger partial charge in [-0.25, -0.2) is 4.79 Å². The maximum absolute atomic E-state index is 13.1. The summed E-state index contributed by atoms with van der Waals surface area (Å²) in [6.45, 7) is 0.869. The zero-order valence-electron chi connectivity index (χ0n) is 22.7. The van der Waals surface area contributed by atoms with E-state index < -0.39 is 5.97 Å². The third-order valence-electron chi connectivity index (χ3n) is 7.50. The Balaban J connectivity index is 1.33. The molecule has 5 rings (SSSR count). The molecule has 5 heteroatoms. The quantitative estimate of drug-likeness (QED) is 0.146. The molecule has 1 aliphatic rings. The van der Waals surface area contributed by atoms with Gasteiger partial charge in [0.1, 0.15) is 24.5 Å². The highest BCUT2D eigenvalue weighted by Crippen LogP contribution is 2.33. The molecule has 0 saturated heterocycles. The molecule has 1 aliphatic carbocycles. The van der Waals surface area contributed by atoms with E-state index in [0.717, 1.165) is 23.1 Å². The van der Waals surface area contributed by atoms with Gasteiger partial charge in [-0.1, -0.05) is 104 Å². The van der Waals surface area contributed by atoms with E-state index in [2.05, 4.69) is 24.3 Å². The molecule has 0 aromatic heterocycles. The summed E-state index contributed by atoms with van der Waals surface area (Å²) in [6.07, 6.45) is 7.27. The minimum absolute atomic E-state index is 0.164. The van der Waals surface area contributed by atoms with Gasteiger partial charge in [-0.05, 0) is 53.1 Å². The van der Waals surface area contributed by atoms with Crippen LogP contribution in [0.1, 0.15) is 70.6 Å². The van der Waals surface area contributed by atoms with Gasteiger partial charge in [0.15, 0.2) is 0 Å². The molecule has 1 fully saturated rings. The number of carbonyl (C=O) groups is 2. The Morgan fingerprint density at radius 1 is 0.750 bits per heavy atom. The predicted molar refractivity (Wildman–Crippen MR) is 157 cm³/mol. The van der Waals surface area contributed by atoms with Gasteiger partial charge in [0.05, 0.1) is 6.54 Å². The van der Waals surface area contributed by atoms with Crippen molar-refractivity contribution in [2.75, 3.05) is 4.90 Å². The monoisotopic (exact) mass is 533 g/mol. The van der Waals surface area contributed by atoms with Gasteiger partial charge >= 0.3 is 5.97 Å². The minimum atomic E-state index is -0.477. The lowest BCUT2D eigenvalue weighted by Gasteiger charge is -2.23. The fraction of sp³-hybridized carbons (Fsp3) is 0.257. The lowest BCUT2D eigenvalue weighted by Crippen LogP contribution is -2.21. The normalized spacial score (nSPS) is 13.4. The van der Waals surface area contributed by atoms with E-state index in [1.54, 1.807) is 23.1 Å². The van der Waals surface area contributed by atoms with Crippen LogP contribution in [0.5, 0.6) is 5.75 Å². The van der Waals surface area contributed by atoms with E-state index in [9.17, 15) is 9.59 Å². The third kappa shape index (κ3) is 7.17. The highest BCUT2D eigenvalue weighted by molar-refractivity contribution is 5.93. The smallest absolute Gasteiger partial charge is 0.342 e. The van der Waals surface area contributed by atoms with Crippen molar-refractivity contribution in [2.45, 2.75) is 57.8 Å². The van der Waals surface area contributed by atoms with E-state index in [-0.39, 0.29) is 13.2 Å². The lowest BCUT2D eigenvalue weighted by molar-refractivity contribution is -0.107. The molecule has 4 aromatic rings. The minimum Gasteiger partial charge on any atom is -0.488 e. The summed E-state index contributed by atoms with van der Waals surface area (Å²) in [5, 5.41) is 0. The first-order chi connectivity index (χ1) is 19.7. The summed E-state index contributed by atoms with van der Waals surface area (Å²) in [6, 6.07) is 33.1. The molecule has 0 bridgehead atoms. The van der Waals surface area contributed by atoms with Gasteiger partial charge in [0, 0.05) is 11.8 Å². The summed E-state index contributed by atoms with van der Waals surface area (Å²) in [4.78, 5) is 26.9. The topological polar surface area (TPSA) is 55.8 Å². The molecule has 40 heavy (non-hydrogen) atoms. The first-order valence-corrected chi connectivity index (χ1v) is 14.0. The second-order valence-corrected chi connectivity index (χ2v) is 10.3. The van der Waals surface area contributed by atoms with Crippen LogP contribution in [-0.2, 0) is 29.3 Å². The van der Waals surface area contributed by atoms with Crippen molar-refractivity contribution in [1.29, 1.82) is 0 Å². The maximum atomic E-state index is 13.1. The van der Waals surface area contributed by atoms with Crippen LogP contribution in [0.4, 0.5) is 5.69 Å². The van der Waals surface area contributed by atoms with Gasteiger partial charge in [-0.3, -0.25) is 4.79 Å². The van der Waals surface area contributed by atoms with Crippen molar-refractivity contribution < 1.29 is 19.1 Å². The lowest BCUT2D eigenvalue weighted by atomic mass is 9.84. The highest BCUT2D eigenvalue weighted by atomic mass is 16.5. The number of benzene rings is 4. The highest BCUT2D eigenvalue weighted by Gasteiger charge is 2.19. The van der Waals surface area contributed by atoms with Crippen LogP contribution in [0, 0.1) is 0 Å². The van der Waals surface area contributed by atoms with Gasteiger partial charge < -0.3 is 14.4 Å². The van der Waals surface area contributed by atoms with Crippen LogP contribution in [0.15, 0.2) is 103 Å². The SMILES string of the molecule is O=CN(Cc1ccc(C2CCCCC2)cc1)c1ccc(C(=O)OCc2ccccc2)c(OCc2ccccc2)c1. The van der Waals surface area contributed by atoms with Crippen LogP contribution >= 0.6 is 0 Å². The summed E-state index contributed by atoms with van der Waals surface area (Å²) < 4.78 is 11.7. The summed E-state index contributed by atoms with van der Waals surface area (Å²) in [7, 11) is 0. The molecule has 204 valence electrons. The van der Waals surface area contributed by atoms with Crippen molar-refractivity contribution in [2.24, 2.45) is 0 Å². The zero-order chi connectivity index (χ0) is 27.6. The van der Waals surface area contributed by atoms with E-state index >= 15 is 0 Å². The summed E-state index contributed by atoms with van der Waals surface area (Å²) in [5.41, 5.74) is 5.27. The van der Waals surface area contributed by atoms with E-state index in [0.29, 0.717) is 29.5 Å². The Bertz CT molecular complexity index is 1380. The zero-order valence-corrected chi connectivity index (χ0v) is 22.7. The fourth-order valence-electron chi connectivity index (χ4n) is 5.23. The second-order valence-electron chi connectivity index (χ2n) is 10.3. The van der Waals surface area contributed by atoms with Gasteiger partial charge in [0.25, 0.3) is 0 Å². The Labute approximate surface area is 236 Å². The molecule has 5 nitrogen and oxygen atoms in total. The van der Waals surface area contributed by atoms with E-state index in [4.69, 9.17) is 9.47 Å². The number of hydrogen-bond acceptors (Lipinski definition) is 4. The number of ether oxygens (including phenoxy) is 2. The standard InChI is InChI=1S/C35H35NO4/c37-26-36(23-27-16-18-31(19-17-27)30-14-8-3-9-15-30)32-20-21-33(35(38)40-25-29-12-6-2-7-13-29)34(22-32)39-24-28-10-4-1-5-11-28/h1-2,4-7,10-13,16-22,26,30H,3,8-9,14-15,23-25H2. The Morgan fingerprint density at radius 3 is 2.05 bits per heavy atom. The molecule has 0 radical (unpaired) electrons. The predicted octanol–water partition coefficient (Wildman–Crippen LogP) is 7.83. The third-order valence-corrected chi connectivity index (χ3v) is 7.50. The average Bonchev–Trinajstić information content (AvgIpc) is 3.03. The van der Waals surface area contributed by atoms with Gasteiger partial charge in [-0.15, -0.1) is 0 Å². The Morgan fingerprint density at radius 2 is 1.40 bits per heavy atom. The van der Waals surface area contributed by atoms with Crippen LogP contribution < -0.4 is 9.64 Å². The number of rotatable bonds is 11. The fourth-order valence-corrected chi connectivity index (χ4v) is 5.23. The maximum Gasteiger partial charge on any atom is 0.342 e. The van der Waals surface area contributed by atoms with E-state index in [1.807, 2.05) is 60.7 Å². The molecule has 0 atom stereocenters. The number of hydrogen-bond donors (Lipinski definition) is 0. The summed E-state index contributed by atoms with van der Waals surface area (Å²) in [5.74, 6) is 0.539. The number of amides is 1. The molecule has 0 aliphatic heterocycles. The van der Waals surface area contributed by atoms with Crippen molar-refractivity contribution in [3.63, 3.8) is 0 Å². The van der Waals surface area contributed by atoms with Gasteiger partial charge in [-0.2, -0.15) is 0 Å². The van der Waals surface area contributed by atoms with Crippen molar-refractivity contribution >= 4 is 18.1 Å². The second kappa shape index (κ2) is 13.6. The van der Waals surface area contributed by atoms with Crippen LogP contribution in [-0.4, -0.2) is 12.4 Å². The molecule has 0 unspecified atom stereocenters. The van der Waals surface area contributed by atoms with Crippen molar-refractivity contribution in [3.05, 3.63) is 131 Å². The van der Waals surface area contributed by atoms with Crippen LogP contribution in [0.3, 0.4) is 0 Å². The molecule has 0 heterocycles. The molecule has 0 spiro atoms. The molecule has 0 N–H and O–H groups in total. The number of carbonyl (C=O) groups excluding carboxylic acids is 2. The Hall–Kier alpha value is -4.38. The first-order valence-electron chi connectivity index (χ1n) is 14.0. The van der Waals surface area contributed by atoms with Crippen LogP contribution in [0.2, 0.25) is 0 Å². The number of nitrogens with zero attached hydrogens (tertiary/aromatic N) is 1. The molecular formula is C35H35NO4. The Kier molecular flexibility index (Phi) is 9.25.